The SMILES string of the molecule is CCOc1cc(C)ccc1NC1CCCC(C(C)C)C1. The normalized spacial score (nSPS) is 22.9. The molecule has 0 saturated heterocycles. The number of anilines is 1. The van der Waals surface area contributed by atoms with E-state index in [1.807, 2.05) is 6.92 Å². The Balaban J connectivity index is 2.05. The first-order valence-electron chi connectivity index (χ1n) is 8.10. The van der Waals surface area contributed by atoms with Gasteiger partial charge in [-0.25, -0.2) is 0 Å². The van der Waals surface area contributed by atoms with E-state index in [1.165, 1.54) is 31.2 Å². The van der Waals surface area contributed by atoms with E-state index in [0.29, 0.717) is 6.04 Å². The molecule has 0 amide bonds. The lowest BCUT2D eigenvalue weighted by atomic mass is 9.79. The van der Waals surface area contributed by atoms with Crippen molar-refractivity contribution < 1.29 is 4.74 Å². The van der Waals surface area contributed by atoms with Crippen LogP contribution in [0.5, 0.6) is 5.75 Å². The van der Waals surface area contributed by atoms with Gasteiger partial charge in [-0.05, 0) is 56.2 Å². The van der Waals surface area contributed by atoms with Crippen LogP contribution < -0.4 is 10.1 Å². The van der Waals surface area contributed by atoms with Gasteiger partial charge >= 0.3 is 0 Å². The summed E-state index contributed by atoms with van der Waals surface area (Å²) < 4.78 is 5.77. The van der Waals surface area contributed by atoms with Crippen molar-refractivity contribution in [3.8, 4) is 5.75 Å². The Morgan fingerprint density at radius 3 is 2.80 bits per heavy atom. The standard InChI is InChI=1S/C18H29NO/c1-5-20-18-11-14(4)9-10-17(18)19-16-8-6-7-15(12-16)13(2)3/h9-11,13,15-16,19H,5-8,12H2,1-4H3. The molecule has 1 saturated carbocycles. The molecule has 0 bridgehead atoms. The van der Waals surface area contributed by atoms with Crippen LogP contribution in [-0.2, 0) is 0 Å². The molecular weight excluding hydrogens is 246 g/mol. The van der Waals surface area contributed by atoms with Crippen LogP contribution in [-0.4, -0.2) is 12.6 Å². The van der Waals surface area contributed by atoms with Gasteiger partial charge in [0.1, 0.15) is 5.75 Å². The van der Waals surface area contributed by atoms with Crippen molar-refractivity contribution in [3.05, 3.63) is 23.8 Å². The molecule has 20 heavy (non-hydrogen) atoms. The van der Waals surface area contributed by atoms with Crippen LogP contribution in [0.4, 0.5) is 5.69 Å². The molecule has 1 fully saturated rings. The Hall–Kier alpha value is -1.18. The summed E-state index contributed by atoms with van der Waals surface area (Å²) in [5.74, 6) is 2.66. The first kappa shape index (κ1) is 15.2. The van der Waals surface area contributed by atoms with Crippen molar-refractivity contribution in [2.45, 2.75) is 59.4 Å². The Bertz CT molecular complexity index is 427. The molecule has 2 unspecified atom stereocenters. The van der Waals surface area contributed by atoms with Gasteiger partial charge < -0.3 is 10.1 Å². The maximum atomic E-state index is 5.77. The summed E-state index contributed by atoms with van der Waals surface area (Å²) in [4.78, 5) is 0. The van der Waals surface area contributed by atoms with Crippen LogP contribution in [0, 0.1) is 18.8 Å². The third-order valence-electron chi connectivity index (χ3n) is 4.45. The highest BCUT2D eigenvalue weighted by Gasteiger charge is 2.24. The molecule has 1 aliphatic carbocycles. The van der Waals surface area contributed by atoms with Gasteiger partial charge in [0, 0.05) is 6.04 Å². The van der Waals surface area contributed by atoms with Crippen LogP contribution in [0.3, 0.4) is 0 Å². The molecule has 0 radical (unpaired) electrons. The molecule has 0 spiro atoms. The maximum absolute atomic E-state index is 5.77. The van der Waals surface area contributed by atoms with E-state index in [2.05, 4.69) is 44.3 Å². The van der Waals surface area contributed by atoms with Gasteiger partial charge in [0.2, 0.25) is 0 Å². The molecule has 112 valence electrons. The summed E-state index contributed by atoms with van der Waals surface area (Å²) >= 11 is 0. The molecule has 0 aliphatic heterocycles. The summed E-state index contributed by atoms with van der Waals surface area (Å²) in [5.41, 5.74) is 2.41. The number of hydrogen-bond acceptors (Lipinski definition) is 2. The number of nitrogens with one attached hydrogen (secondary N) is 1. The monoisotopic (exact) mass is 275 g/mol. The molecule has 0 aromatic heterocycles. The van der Waals surface area contributed by atoms with Crippen LogP contribution >= 0.6 is 0 Å². The first-order valence-corrected chi connectivity index (χ1v) is 8.10. The summed E-state index contributed by atoms with van der Waals surface area (Å²) in [6, 6.07) is 7.06. The highest BCUT2D eigenvalue weighted by Crippen LogP contribution is 2.34. The molecule has 1 aromatic rings. The molecular formula is C18H29NO. The minimum atomic E-state index is 0.595. The van der Waals surface area contributed by atoms with Gasteiger partial charge in [0.15, 0.2) is 0 Å². The number of aryl methyl sites for hydroxylation is 1. The summed E-state index contributed by atoms with van der Waals surface area (Å²) in [7, 11) is 0. The zero-order valence-electron chi connectivity index (χ0n) is 13.4. The molecule has 2 nitrogen and oxygen atoms in total. The lowest BCUT2D eigenvalue weighted by Crippen LogP contribution is -2.29. The van der Waals surface area contributed by atoms with Crippen molar-refractivity contribution in [3.63, 3.8) is 0 Å². The average molecular weight is 275 g/mol. The fourth-order valence-electron chi connectivity index (χ4n) is 3.21. The van der Waals surface area contributed by atoms with E-state index < -0.39 is 0 Å². The van der Waals surface area contributed by atoms with Crippen LogP contribution in [0.15, 0.2) is 18.2 Å². The lowest BCUT2D eigenvalue weighted by molar-refractivity contribution is 0.263. The van der Waals surface area contributed by atoms with Gasteiger partial charge in [-0.1, -0.05) is 32.8 Å². The van der Waals surface area contributed by atoms with Gasteiger partial charge in [-0.15, -0.1) is 0 Å². The molecule has 2 heteroatoms. The molecule has 1 aromatic carbocycles. The third kappa shape index (κ3) is 3.91. The molecule has 2 atom stereocenters. The van der Waals surface area contributed by atoms with Crippen molar-refractivity contribution >= 4 is 5.69 Å². The number of benzene rings is 1. The highest BCUT2D eigenvalue weighted by atomic mass is 16.5. The van der Waals surface area contributed by atoms with Crippen LogP contribution in [0.1, 0.15) is 52.0 Å². The molecule has 2 rings (SSSR count). The highest BCUT2D eigenvalue weighted by molar-refractivity contribution is 5.58. The van der Waals surface area contributed by atoms with Crippen molar-refractivity contribution in [2.75, 3.05) is 11.9 Å². The van der Waals surface area contributed by atoms with Gasteiger partial charge in [-0.2, -0.15) is 0 Å². The van der Waals surface area contributed by atoms with E-state index in [9.17, 15) is 0 Å². The van der Waals surface area contributed by atoms with Crippen LogP contribution in [0.25, 0.3) is 0 Å². The Morgan fingerprint density at radius 1 is 1.30 bits per heavy atom. The van der Waals surface area contributed by atoms with E-state index in [1.54, 1.807) is 0 Å². The van der Waals surface area contributed by atoms with Crippen molar-refractivity contribution in [2.24, 2.45) is 11.8 Å². The maximum Gasteiger partial charge on any atom is 0.142 e. The Morgan fingerprint density at radius 2 is 2.10 bits per heavy atom. The zero-order chi connectivity index (χ0) is 14.5. The van der Waals surface area contributed by atoms with E-state index >= 15 is 0 Å². The fraction of sp³-hybridized carbons (Fsp3) is 0.667. The summed E-state index contributed by atoms with van der Waals surface area (Å²) in [6.07, 6.45) is 5.30. The topological polar surface area (TPSA) is 21.3 Å². The largest absolute Gasteiger partial charge is 0.492 e. The fourth-order valence-corrected chi connectivity index (χ4v) is 3.21. The second-order valence-corrected chi connectivity index (χ2v) is 6.44. The third-order valence-corrected chi connectivity index (χ3v) is 4.45. The number of hydrogen-bond donors (Lipinski definition) is 1. The Kier molecular flexibility index (Phi) is 5.33. The molecule has 1 N–H and O–H groups in total. The van der Waals surface area contributed by atoms with Gasteiger partial charge in [0.05, 0.1) is 12.3 Å². The quantitative estimate of drug-likeness (QED) is 0.814. The second kappa shape index (κ2) is 7.01. The molecule has 0 heterocycles. The van der Waals surface area contributed by atoms with E-state index in [4.69, 9.17) is 4.74 Å². The molecule has 1 aliphatic rings. The number of ether oxygens (including phenoxy) is 1. The summed E-state index contributed by atoms with van der Waals surface area (Å²) in [6.45, 7) is 9.58. The number of rotatable bonds is 5. The minimum absolute atomic E-state index is 0.595. The Labute approximate surface area is 123 Å². The van der Waals surface area contributed by atoms with Gasteiger partial charge in [-0.3, -0.25) is 0 Å². The van der Waals surface area contributed by atoms with E-state index in [0.717, 1.165) is 29.9 Å². The lowest BCUT2D eigenvalue weighted by Gasteiger charge is -2.33. The predicted octanol–water partition coefficient (Wildman–Crippen LogP) is 5.02. The second-order valence-electron chi connectivity index (χ2n) is 6.44. The zero-order valence-corrected chi connectivity index (χ0v) is 13.4. The van der Waals surface area contributed by atoms with Crippen molar-refractivity contribution in [1.82, 2.24) is 0 Å². The predicted molar refractivity (Wildman–Crippen MR) is 86.6 cm³/mol. The van der Waals surface area contributed by atoms with Gasteiger partial charge in [0.25, 0.3) is 0 Å². The first-order chi connectivity index (χ1) is 9.60. The average Bonchev–Trinajstić information content (AvgIpc) is 2.42. The van der Waals surface area contributed by atoms with Crippen LogP contribution in [0.2, 0.25) is 0 Å². The smallest absolute Gasteiger partial charge is 0.142 e. The summed E-state index contributed by atoms with van der Waals surface area (Å²) in [5, 5.41) is 3.72. The van der Waals surface area contributed by atoms with Crippen molar-refractivity contribution in [1.29, 1.82) is 0 Å². The minimum Gasteiger partial charge on any atom is -0.492 e. The van der Waals surface area contributed by atoms with E-state index in [-0.39, 0.29) is 0 Å².